The summed E-state index contributed by atoms with van der Waals surface area (Å²) >= 11 is 1.36. The zero-order valence-corrected chi connectivity index (χ0v) is 11.4. The second-order valence-corrected chi connectivity index (χ2v) is 5.36. The molecule has 4 nitrogen and oxygen atoms in total. The predicted molar refractivity (Wildman–Crippen MR) is 79.6 cm³/mol. The van der Waals surface area contributed by atoms with E-state index >= 15 is 0 Å². The Balaban J connectivity index is 1.75. The number of rotatable bonds is 3. The molecule has 3 rings (SSSR count). The van der Waals surface area contributed by atoms with E-state index in [0.717, 1.165) is 15.8 Å². The number of thiazole rings is 1. The Morgan fingerprint density at radius 1 is 1.20 bits per heavy atom. The lowest BCUT2D eigenvalue weighted by atomic mass is 10.2. The molecular weight excluding hydrogens is 272 g/mol. The molecule has 20 heavy (non-hydrogen) atoms. The highest BCUT2D eigenvalue weighted by atomic mass is 32.1. The molecule has 0 bridgehead atoms. The van der Waals surface area contributed by atoms with Crippen LogP contribution in [0.5, 0.6) is 0 Å². The predicted octanol–water partition coefficient (Wildman–Crippen LogP) is 3.24. The van der Waals surface area contributed by atoms with Crippen molar-refractivity contribution >= 4 is 32.7 Å². The van der Waals surface area contributed by atoms with Crippen molar-refractivity contribution < 1.29 is 9.53 Å². The number of aromatic nitrogens is 1. The van der Waals surface area contributed by atoms with Crippen LogP contribution in [0.1, 0.15) is 15.9 Å². The van der Waals surface area contributed by atoms with Gasteiger partial charge < -0.3 is 10.5 Å². The van der Waals surface area contributed by atoms with Crippen molar-refractivity contribution in [2.24, 2.45) is 0 Å². The number of fused-ring (bicyclic) bond motifs is 1. The monoisotopic (exact) mass is 284 g/mol. The molecule has 2 N–H and O–H groups in total. The van der Waals surface area contributed by atoms with Crippen LogP contribution in [0.2, 0.25) is 0 Å². The number of ether oxygens (including phenoxy) is 1. The van der Waals surface area contributed by atoms with E-state index in [2.05, 4.69) is 4.98 Å². The Bertz CT molecular complexity index is 753. The summed E-state index contributed by atoms with van der Waals surface area (Å²) < 4.78 is 6.17. The highest BCUT2D eigenvalue weighted by Crippen LogP contribution is 2.24. The van der Waals surface area contributed by atoms with E-state index in [0.29, 0.717) is 10.7 Å². The van der Waals surface area contributed by atoms with Crippen LogP contribution in [0.25, 0.3) is 10.2 Å². The van der Waals surface area contributed by atoms with E-state index in [1.165, 1.54) is 11.3 Å². The fourth-order valence-corrected chi connectivity index (χ4v) is 2.65. The molecular formula is C15H12N2O2S. The van der Waals surface area contributed by atoms with Crippen LogP contribution in [-0.4, -0.2) is 11.0 Å². The number of esters is 1. The van der Waals surface area contributed by atoms with Crippen molar-refractivity contribution in [3.8, 4) is 0 Å². The summed E-state index contributed by atoms with van der Waals surface area (Å²) in [6, 6.07) is 14.8. The molecule has 3 aromatic rings. The summed E-state index contributed by atoms with van der Waals surface area (Å²) in [6.45, 7) is 0.266. The average Bonchev–Trinajstić information content (AvgIpc) is 2.85. The van der Waals surface area contributed by atoms with Gasteiger partial charge in [0.15, 0.2) is 5.13 Å². The quantitative estimate of drug-likeness (QED) is 0.750. The number of hydrogen-bond donors (Lipinski definition) is 1. The molecule has 0 atom stereocenters. The number of nitrogen functional groups attached to an aromatic ring is 1. The molecule has 0 aliphatic heterocycles. The van der Waals surface area contributed by atoms with Crippen LogP contribution in [0.15, 0.2) is 48.5 Å². The summed E-state index contributed by atoms with van der Waals surface area (Å²) in [7, 11) is 0. The van der Waals surface area contributed by atoms with E-state index in [1.54, 1.807) is 18.2 Å². The highest BCUT2D eigenvalue weighted by molar-refractivity contribution is 7.22. The minimum Gasteiger partial charge on any atom is -0.457 e. The summed E-state index contributed by atoms with van der Waals surface area (Å²) in [5.74, 6) is -0.345. The number of hydrogen-bond acceptors (Lipinski definition) is 5. The van der Waals surface area contributed by atoms with Crippen molar-refractivity contribution in [1.82, 2.24) is 4.98 Å². The first-order chi connectivity index (χ1) is 9.72. The maximum atomic E-state index is 12.0. The number of carbonyl (C=O) groups is 1. The third kappa shape index (κ3) is 2.62. The largest absolute Gasteiger partial charge is 0.457 e. The zero-order valence-electron chi connectivity index (χ0n) is 10.6. The summed E-state index contributed by atoms with van der Waals surface area (Å²) in [4.78, 5) is 16.2. The van der Waals surface area contributed by atoms with Crippen LogP contribution in [0.4, 0.5) is 5.13 Å². The Morgan fingerprint density at radius 2 is 2.00 bits per heavy atom. The molecule has 0 aliphatic rings. The summed E-state index contributed by atoms with van der Waals surface area (Å²) in [5.41, 5.74) is 7.91. The Labute approximate surface area is 119 Å². The molecule has 0 unspecified atom stereocenters. The van der Waals surface area contributed by atoms with Gasteiger partial charge >= 0.3 is 5.97 Å². The molecule has 5 heteroatoms. The van der Waals surface area contributed by atoms with Crippen LogP contribution >= 0.6 is 11.3 Å². The lowest BCUT2D eigenvalue weighted by molar-refractivity contribution is 0.0473. The first-order valence-corrected chi connectivity index (χ1v) is 6.91. The summed E-state index contributed by atoms with van der Waals surface area (Å²) in [6.07, 6.45) is 0. The van der Waals surface area contributed by atoms with E-state index in [9.17, 15) is 4.79 Å². The first-order valence-electron chi connectivity index (χ1n) is 6.09. The number of benzene rings is 2. The highest BCUT2D eigenvalue weighted by Gasteiger charge is 2.10. The van der Waals surface area contributed by atoms with Crippen LogP contribution in [0, 0.1) is 0 Å². The molecule has 0 saturated heterocycles. The van der Waals surface area contributed by atoms with Gasteiger partial charge in [-0.1, -0.05) is 41.7 Å². The van der Waals surface area contributed by atoms with Crippen molar-refractivity contribution in [3.63, 3.8) is 0 Å². The minimum atomic E-state index is -0.345. The van der Waals surface area contributed by atoms with Gasteiger partial charge in [-0.25, -0.2) is 9.78 Å². The third-order valence-electron chi connectivity index (χ3n) is 2.85. The number of anilines is 1. The van der Waals surface area contributed by atoms with Gasteiger partial charge in [0.05, 0.1) is 15.8 Å². The van der Waals surface area contributed by atoms with E-state index < -0.39 is 0 Å². The summed E-state index contributed by atoms with van der Waals surface area (Å²) in [5, 5.41) is 0.495. The minimum absolute atomic E-state index is 0.266. The van der Waals surface area contributed by atoms with Gasteiger partial charge in [0.1, 0.15) is 6.61 Å². The molecule has 0 amide bonds. The van der Waals surface area contributed by atoms with Gasteiger partial charge in [-0.05, 0) is 23.8 Å². The number of nitrogens with zero attached hydrogens (tertiary/aromatic N) is 1. The second kappa shape index (κ2) is 5.30. The second-order valence-electron chi connectivity index (χ2n) is 4.30. The molecule has 0 aliphatic carbocycles. The fourth-order valence-electron chi connectivity index (χ4n) is 1.88. The molecule has 0 spiro atoms. The van der Waals surface area contributed by atoms with Crippen molar-refractivity contribution in [2.75, 3.05) is 5.73 Å². The van der Waals surface area contributed by atoms with E-state index in [4.69, 9.17) is 10.5 Å². The maximum Gasteiger partial charge on any atom is 0.338 e. The van der Waals surface area contributed by atoms with Crippen LogP contribution in [-0.2, 0) is 11.3 Å². The van der Waals surface area contributed by atoms with Gasteiger partial charge in [-0.2, -0.15) is 0 Å². The zero-order chi connectivity index (χ0) is 13.9. The molecule has 0 saturated carbocycles. The third-order valence-corrected chi connectivity index (χ3v) is 3.70. The molecule has 0 fully saturated rings. The van der Waals surface area contributed by atoms with Gasteiger partial charge in [-0.3, -0.25) is 0 Å². The van der Waals surface area contributed by atoms with Crippen LogP contribution < -0.4 is 5.73 Å². The topological polar surface area (TPSA) is 65.2 Å². The molecule has 2 aromatic carbocycles. The Kier molecular flexibility index (Phi) is 3.35. The van der Waals surface area contributed by atoms with Gasteiger partial charge in [-0.15, -0.1) is 0 Å². The fraction of sp³-hybridized carbons (Fsp3) is 0.0667. The SMILES string of the molecule is Nc1nc2ccc(C(=O)OCc3ccccc3)cc2s1. The standard InChI is InChI=1S/C15H12N2O2S/c16-15-17-12-7-6-11(8-13(12)20-15)14(18)19-9-10-4-2-1-3-5-10/h1-8H,9H2,(H2,16,17). The van der Waals surface area contributed by atoms with E-state index in [1.807, 2.05) is 30.3 Å². The number of nitrogens with two attached hydrogens (primary N) is 1. The van der Waals surface area contributed by atoms with Crippen molar-refractivity contribution in [3.05, 3.63) is 59.7 Å². The smallest absolute Gasteiger partial charge is 0.338 e. The molecule has 1 aromatic heterocycles. The van der Waals surface area contributed by atoms with Crippen molar-refractivity contribution in [2.45, 2.75) is 6.61 Å². The first kappa shape index (κ1) is 12.6. The van der Waals surface area contributed by atoms with Gasteiger partial charge in [0, 0.05) is 0 Å². The number of carbonyl (C=O) groups excluding carboxylic acids is 1. The Hall–Kier alpha value is -2.40. The molecule has 0 radical (unpaired) electrons. The van der Waals surface area contributed by atoms with Crippen LogP contribution in [0.3, 0.4) is 0 Å². The Morgan fingerprint density at radius 3 is 2.80 bits per heavy atom. The van der Waals surface area contributed by atoms with Gasteiger partial charge in [0.25, 0.3) is 0 Å². The molecule has 100 valence electrons. The normalized spacial score (nSPS) is 10.6. The maximum absolute atomic E-state index is 12.0. The lowest BCUT2D eigenvalue weighted by Crippen LogP contribution is -2.04. The lowest BCUT2D eigenvalue weighted by Gasteiger charge is -2.04. The van der Waals surface area contributed by atoms with Crippen molar-refractivity contribution in [1.29, 1.82) is 0 Å². The van der Waals surface area contributed by atoms with E-state index in [-0.39, 0.29) is 12.6 Å². The van der Waals surface area contributed by atoms with Gasteiger partial charge in [0.2, 0.25) is 0 Å². The molecule has 1 heterocycles. The average molecular weight is 284 g/mol.